The summed E-state index contributed by atoms with van der Waals surface area (Å²) in [5, 5.41) is 0. The first-order valence-electron chi connectivity index (χ1n) is 4.64. The quantitative estimate of drug-likeness (QED) is 0.424. The Bertz CT molecular complexity index is 291. The maximum atomic E-state index is 5.89. The summed E-state index contributed by atoms with van der Waals surface area (Å²) in [5.41, 5.74) is 2.44. The van der Waals surface area contributed by atoms with Crippen LogP contribution >= 0.6 is 11.6 Å². The normalized spacial score (nSPS) is 11.5. The van der Waals surface area contributed by atoms with E-state index >= 15 is 0 Å². The van der Waals surface area contributed by atoms with Crippen LogP contribution in [-0.4, -0.2) is 34.2 Å². The molecule has 0 aliphatic heterocycles. The Morgan fingerprint density at radius 2 is 1.64 bits per heavy atom. The van der Waals surface area contributed by atoms with E-state index < -0.39 is 0 Å². The van der Waals surface area contributed by atoms with Crippen molar-refractivity contribution in [3.05, 3.63) is 24.3 Å². The topological polar surface area (TPSA) is 3.24 Å². The summed E-state index contributed by atoms with van der Waals surface area (Å²) < 4.78 is 0.704. The molecule has 1 aromatic carbocycles. The highest BCUT2D eigenvalue weighted by Gasteiger charge is 2.16. The second kappa shape index (κ2) is 4.20. The summed E-state index contributed by atoms with van der Waals surface area (Å²) in [7, 11) is 8.27. The lowest BCUT2D eigenvalue weighted by molar-refractivity contribution is 0.464. The van der Waals surface area contributed by atoms with E-state index in [-0.39, 0.29) is 0 Å². The van der Waals surface area contributed by atoms with Gasteiger partial charge in [0.15, 0.2) is 6.00 Å². The van der Waals surface area contributed by atoms with Gasteiger partial charge >= 0.3 is 0 Å². The average molecular weight is 214 g/mol. The van der Waals surface area contributed by atoms with Crippen LogP contribution in [0.15, 0.2) is 24.3 Å². The van der Waals surface area contributed by atoms with Crippen LogP contribution in [0.25, 0.3) is 0 Å². The summed E-state index contributed by atoms with van der Waals surface area (Å²) in [6.07, 6.45) is 0. The minimum Gasteiger partial charge on any atom is -0.378 e. The predicted molar refractivity (Wildman–Crippen MR) is 65.1 cm³/mol. The number of nitrogens with zero attached hydrogens (tertiary/aromatic N) is 2. The lowest BCUT2D eigenvalue weighted by Gasteiger charge is -2.26. The number of rotatable bonds is 3. The Morgan fingerprint density at radius 1 is 1.14 bits per heavy atom. The first-order valence-corrected chi connectivity index (χ1v) is 5.18. The molecular formula is C11H18ClN2+. The van der Waals surface area contributed by atoms with E-state index in [0.29, 0.717) is 10.5 Å². The Balaban J connectivity index is 2.94. The van der Waals surface area contributed by atoms with Crippen molar-refractivity contribution in [1.82, 2.24) is 4.48 Å². The van der Waals surface area contributed by atoms with Gasteiger partial charge in [0, 0.05) is 31.9 Å². The van der Waals surface area contributed by atoms with Gasteiger partial charge < -0.3 is 4.90 Å². The Morgan fingerprint density at radius 3 is 2.00 bits per heavy atom. The molecule has 2 nitrogen and oxygen atoms in total. The third-order valence-electron chi connectivity index (χ3n) is 2.36. The summed E-state index contributed by atoms with van der Waals surface area (Å²) in [4.78, 5) is 2.09. The lowest BCUT2D eigenvalue weighted by atomic mass is 10.2. The highest BCUT2D eigenvalue weighted by molar-refractivity contribution is 6.18. The molecule has 0 radical (unpaired) electrons. The first-order chi connectivity index (χ1) is 6.47. The molecule has 78 valence electrons. The Hall–Kier alpha value is -0.730. The maximum Gasteiger partial charge on any atom is 0.159 e. The molecule has 0 atom stereocenters. The van der Waals surface area contributed by atoms with Crippen LogP contribution in [0.2, 0.25) is 0 Å². The smallest absolute Gasteiger partial charge is 0.159 e. The van der Waals surface area contributed by atoms with Crippen LogP contribution in [0.4, 0.5) is 11.4 Å². The van der Waals surface area contributed by atoms with Crippen LogP contribution in [0.5, 0.6) is 0 Å². The Labute approximate surface area is 91.3 Å². The van der Waals surface area contributed by atoms with Gasteiger partial charge in [-0.1, -0.05) is 11.6 Å². The zero-order valence-electron chi connectivity index (χ0n) is 9.29. The minimum absolute atomic E-state index is 0.585. The highest BCUT2D eigenvalue weighted by Crippen LogP contribution is 2.22. The predicted octanol–water partition coefficient (Wildman–Crippen LogP) is 2.52. The van der Waals surface area contributed by atoms with E-state index in [4.69, 9.17) is 11.6 Å². The van der Waals surface area contributed by atoms with Gasteiger partial charge in [0.1, 0.15) is 5.69 Å². The van der Waals surface area contributed by atoms with Crippen molar-refractivity contribution in [2.45, 2.75) is 0 Å². The van der Waals surface area contributed by atoms with Gasteiger partial charge in [0.05, 0.1) is 14.1 Å². The molecule has 0 unspecified atom stereocenters. The van der Waals surface area contributed by atoms with Gasteiger partial charge in [0.2, 0.25) is 0 Å². The second-order valence-corrected chi connectivity index (χ2v) is 4.45. The van der Waals surface area contributed by atoms with E-state index in [9.17, 15) is 0 Å². The number of benzene rings is 1. The summed E-state index contributed by atoms with van der Waals surface area (Å²) in [6, 6.07) is 9.06. The van der Waals surface area contributed by atoms with E-state index in [2.05, 4.69) is 43.3 Å². The summed E-state index contributed by atoms with van der Waals surface area (Å²) in [5.74, 6) is 0. The summed E-state index contributed by atoms with van der Waals surface area (Å²) >= 11 is 5.89. The fourth-order valence-electron chi connectivity index (χ4n) is 1.22. The van der Waals surface area contributed by atoms with Gasteiger partial charge in [-0.2, -0.15) is 0 Å². The molecular weight excluding hydrogens is 196 g/mol. The van der Waals surface area contributed by atoms with Crippen molar-refractivity contribution in [3.63, 3.8) is 0 Å². The number of alkyl halides is 1. The number of hydrogen-bond acceptors (Lipinski definition) is 1. The van der Waals surface area contributed by atoms with Crippen molar-refractivity contribution in [2.24, 2.45) is 0 Å². The molecule has 0 bridgehead atoms. The number of halogens is 1. The minimum atomic E-state index is 0.585. The largest absolute Gasteiger partial charge is 0.378 e. The third-order valence-corrected chi connectivity index (χ3v) is 2.96. The van der Waals surface area contributed by atoms with Gasteiger partial charge in [0.25, 0.3) is 0 Å². The van der Waals surface area contributed by atoms with Crippen LogP contribution in [-0.2, 0) is 0 Å². The van der Waals surface area contributed by atoms with Crippen LogP contribution in [0.1, 0.15) is 0 Å². The van der Waals surface area contributed by atoms with Crippen molar-refractivity contribution < 1.29 is 0 Å². The molecule has 0 amide bonds. The van der Waals surface area contributed by atoms with Gasteiger partial charge in [-0.05, 0) is 12.1 Å². The van der Waals surface area contributed by atoms with Gasteiger partial charge in [-0.3, -0.25) is 4.48 Å². The number of anilines is 1. The fraction of sp³-hybridized carbons (Fsp3) is 0.455. The molecule has 0 saturated carbocycles. The fourth-order valence-corrected chi connectivity index (χ4v) is 1.36. The summed E-state index contributed by atoms with van der Waals surface area (Å²) in [6.45, 7) is 0. The van der Waals surface area contributed by atoms with Crippen molar-refractivity contribution >= 4 is 23.0 Å². The van der Waals surface area contributed by atoms with Crippen molar-refractivity contribution in [2.75, 3.05) is 39.1 Å². The molecule has 1 rings (SSSR count). The van der Waals surface area contributed by atoms with Gasteiger partial charge in [-0.25, -0.2) is 0 Å². The van der Waals surface area contributed by atoms with Crippen LogP contribution < -0.4 is 9.38 Å². The molecule has 0 saturated heterocycles. The van der Waals surface area contributed by atoms with Crippen LogP contribution in [0.3, 0.4) is 0 Å². The molecule has 1 aromatic rings. The Kier molecular flexibility index (Phi) is 3.40. The first kappa shape index (κ1) is 11.3. The van der Waals surface area contributed by atoms with E-state index in [1.165, 1.54) is 11.4 Å². The van der Waals surface area contributed by atoms with Crippen LogP contribution in [0, 0.1) is 0 Å². The number of hydrogen-bond donors (Lipinski definition) is 0. The van der Waals surface area contributed by atoms with Crippen molar-refractivity contribution in [3.8, 4) is 0 Å². The molecule has 3 heteroatoms. The standard InChI is InChI=1S/C11H18ClN2/c1-13(2)10-5-7-11(8-6-10)14(3,4)9-12/h5-8H,9H2,1-4H3/q+1. The monoisotopic (exact) mass is 213 g/mol. The SMILES string of the molecule is CN(C)c1ccc([N+](C)(C)CCl)cc1. The third kappa shape index (κ3) is 2.40. The molecule has 14 heavy (non-hydrogen) atoms. The molecule has 0 N–H and O–H groups in total. The van der Waals surface area contributed by atoms with E-state index in [0.717, 1.165) is 0 Å². The average Bonchev–Trinajstić information content (AvgIpc) is 2.18. The lowest BCUT2D eigenvalue weighted by Crippen LogP contribution is -2.38. The zero-order valence-corrected chi connectivity index (χ0v) is 10.0. The second-order valence-electron chi connectivity index (χ2n) is 4.22. The highest BCUT2D eigenvalue weighted by atomic mass is 35.5. The molecule has 0 fully saturated rings. The number of quaternary nitrogens is 1. The molecule has 0 heterocycles. The molecule has 0 aromatic heterocycles. The van der Waals surface area contributed by atoms with Gasteiger partial charge in [-0.15, -0.1) is 0 Å². The van der Waals surface area contributed by atoms with E-state index in [1.807, 2.05) is 14.1 Å². The maximum absolute atomic E-state index is 5.89. The molecule has 0 aliphatic carbocycles. The van der Waals surface area contributed by atoms with E-state index in [1.54, 1.807) is 0 Å². The molecule has 0 aliphatic rings. The van der Waals surface area contributed by atoms with Crippen molar-refractivity contribution in [1.29, 1.82) is 0 Å². The zero-order chi connectivity index (χ0) is 10.8. The molecule has 0 spiro atoms.